The molecule has 4 rings (SSSR count). The maximum absolute atomic E-state index is 13.1. The van der Waals surface area contributed by atoms with Gasteiger partial charge in [0.25, 0.3) is 11.8 Å². The van der Waals surface area contributed by atoms with E-state index in [4.69, 9.17) is 10.2 Å². The number of benzene rings is 2. The minimum absolute atomic E-state index is 0.0838. The average Bonchev–Trinajstić information content (AvgIpc) is 3.56. The van der Waals surface area contributed by atoms with E-state index in [1.807, 2.05) is 49.3 Å². The van der Waals surface area contributed by atoms with Crippen molar-refractivity contribution in [3.8, 4) is 0 Å². The predicted molar refractivity (Wildman–Crippen MR) is 241 cm³/mol. The molecule has 2 aromatic rings. The van der Waals surface area contributed by atoms with Gasteiger partial charge in [-0.05, 0) is 75.1 Å². The van der Waals surface area contributed by atoms with Crippen molar-refractivity contribution in [2.75, 3.05) is 29.5 Å². The third-order valence-corrected chi connectivity index (χ3v) is 12.9. The van der Waals surface area contributed by atoms with Crippen LogP contribution in [0, 0.1) is 0 Å². The molecule has 0 bridgehead atoms. The zero-order chi connectivity index (χ0) is 50.1. The zero-order valence-electron chi connectivity index (χ0n) is 37.1. The fourth-order valence-electron chi connectivity index (χ4n) is 7.93. The van der Waals surface area contributed by atoms with Crippen LogP contribution in [0.1, 0.15) is 98.1 Å². The smallest absolute Gasteiger partial charge is 0.326 e. The number of unbranched alkanes of at least 4 members (excludes halogenated alkanes) is 2. The zero-order valence-corrected chi connectivity index (χ0v) is 38.8. The lowest BCUT2D eigenvalue weighted by Gasteiger charge is -2.27. The molecule has 6 N–H and O–H groups in total. The lowest BCUT2D eigenvalue weighted by molar-refractivity contribution is -0.438. The molecule has 0 saturated heterocycles. The fraction of sp³-hybridized carbons (Fsp3) is 0.400. The van der Waals surface area contributed by atoms with E-state index in [1.165, 1.54) is 12.1 Å². The Morgan fingerprint density at radius 2 is 1.16 bits per heavy atom. The molecule has 0 radical (unpaired) electrons. The Bertz CT molecular complexity index is 2680. The lowest BCUT2D eigenvalue weighted by Crippen LogP contribution is -2.42. The van der Waals surface area contributed by atoms with Crippen molar-refractivity contribution in [1.29, 1.82) is 0 Å². The molecule has 67 heavy (non-hydrogen) atoms. The van der Waals surface area contributed by atoms with Crippen LogP contribution in [0.3, 0.4) is 0 Å². The molecule has 0 aromatic heterocycles. The van der Waals surface area contributed by atoms with Crippen molar-refractivity contribution in [1.82, 2.24) is 10.6 Å². The molecule has 2 atom stereocenters. The molecule has 0 saturated carbocycles. The minimum Gasteiger partial charge on any atom is -0.748 e. The molecule has 0 fully saturated rings. The van der Waals surface area contributed by atoms with E-state index in [0.29, 0.717) is 48.4 Å². The van der Waals surface area contributed by atoms with Crippen LogP contribution in [0.4, 0.5) is 11.4 Å². The number of nitrogens with one attached hydrogen (secondary N) is 2. The highest BCUT2D eigenvalue weighted by molar-refractivity contribution is 7.85. The highest BCUT2D eigenvalue weighted by Gasteiger charge is 2.45. The van der Waals surface area contributed by atoms with Crippen LogP contribution in [-0.4, -0.2) is 129 Å². The standard InChI is InChI=1S/C45H54N4O16S2/c1-44(2)30-24-28(40(54)46-32(42(56)57)26-38(50)51)16-18-34(30)48(20-10-12-22-66(60,61)62)36(44)14-8-6-5-7-9-15-37-45(3,4)31-25-29(41(55)47-33(43(58)59)27-39(52)53)17-19-35(31)49(37)21-11-13-23-67(63,64)65/h5-9,14-19,24-25,32-33H,10-13,20-23,26-27H2,1-4H3,(H7-,46,47,50,51,52,53,54,55,56,57,58,59,60,61,62,63,64,65)/p-1. The molecule has 0 aliphatic carbocycles. The second kappa shape index (κ2) is 21.9. The Labute approximate surface area is 387 Å². The van der Waals surface area contributed by atoms with Gasteiger partial charge in [-0.2, -0.15) is 4.58 Å². The van der Waals surface area contributed by atoms with Gasteiger partial charge in [-0.3, -0.25) is 19.2 Å². The normalized spacial score (nSPS) is 16.9. The molecule has 22 heteroatoms. The lowest BCUT2D eigenvalue weighted by atomic mass is 9.80. The number of hydrogen-bond donors (Lipinski definition) is 6. The summed E-state index contributed by atoms with van der Waals surface area (Å²) < 4.78 is 69.7. The molecule has 2 heterocycles. The summed E-state index contributed by atoms with van der Waals surface area (Å²) in [5, 5.41) is 41.6. The van der Waals surface area contributed by atoms with Gasteiger partial charge in [0, 0.05) is 70.1 Å². The Balaban J connectivity index is 1.62. The molecule has 2 unspecified atom stereocenters. The van der Waals surface area contributed by atoms with Gasteiger partial charge in [-0.1, -0.05) is 44.2 Å². The number of anilines is 1. The van der Waals surface area contributed by atoms with Crippen molar-refractivity contribution in [3.05, 3.63) is 107 Å². The Kier molecular flexibility index (Phi) is 17.3. The number of amides is 2. The first-order valence-electron chi connectivity index (χ1n) is 21.0. The SMILES string of the molecule is CC1(C)C(/C=C/C=C/C=C/C=C2/N(CCCCS(=O)(=O)[O-])c3ccc(C(=O)NC(CC(=O)O)C(=O)O)cc3C2(C)C)=[N+](CCCCS(=O)(=O)[O-])c2ccc(C(=O)NC(CC(=O)O)C(=O)O)cc21. The Hall–Kier alpha value is -6.49. The number of fused-ring (bicyclic) bond motifs is 2. The Morgan fingerprint density at radius 3 is 1.69 bits per heavy atom. The number of carboxylic acid groups (broad SMARTS) is 4. The van der Waals surface area contributed by atoms with Gasteiger partial charge in [0.05, 0.1) is 38.5 Å². The molecule has 2 aliphatic rings. The molecule has 2 aromatic carbocycles. The monoisotopic (exact) mass is 969 g/mol. The van der Waals surface area contributed by atoms with E-state index >= 15 is 0 Å². The van der Waals surface area contributed by atoms with Crippen LogP contribution in [0.2, 0.25) is 0 Å². The summed E-state index contributed by atoms with van der Waals surface area (Å²) in [4.78, 5) is 73.8. The third kappa shape index (κ3) is 14.3. The number of aliphatic carboxylic acids is 4. The van der Waals surface area contributed by atoms with Crippen LogP contribution in [0.15, 0.2) is 84.6 Å². The maximum atomic E-state index is 13.1. The summed E-state index contributed by atoms with van der Waals surface area (Å²) in [7, 11) is -8.89. The minimum atomic E-state index is -4.45. The van der Waals surface area contributed by atoms with Crippen LogP contribution in [0.25, 0.3) is 0 Å². The summed E-state index contributed by atoms with van der Waals surface area (Å²) in [6, 6.07) is 6.05. The van der Waals surface area contributed by atoms with Gasteiger partial charge in [0.15, 0.2) is 5.71 Å². The summed E-state index contributed by atoms with van der Waals surface area (Å²) in [5.41, 5.74) is 2.82. The van der Waals surface area contributed by atoms with E-state index in [1.54, 1.807) is 54.6 Å². The van der Waals surface area contributed by atoms with Gasteiger partial charge < -0.3 is 45.1 Å². The predicted octanol–water partition coefficient (Wildman–Crippen LogP) is 3.38. The average molecular weight is 970 g/mol. The number of carbonyl (C=O) groups is 6. The molecular formula is C45H53N4O16S2-. The summed E-state index contributed by atoms with van der Waals surface area (Å²) in [6.07, 6.45) is 11.6. The van der Waals surface area contributed by atoms with E-state index in [-0.39, 0.29) is 24.0 Å². The molecule has 2 amide bonds. The number of rotatable bonds is 24. The summed E-state index contributed by atoms with van der Waals surface area (Å²) in [6.45, 7) is 8.17. The third-order valence-electron chi connectivity index (χ3n) is 11.3. The van der Waals surface area contributed by atoms with Crippen LogP contribution in [-0.2, 0) is 50.2 Å². The second-order valence-electron chi connectivity index (χ2n) is 16.9. The van der Waals surface area contributed by atoms with Crippen LogP contribution >= 0.6 is 0 Å². The van der Waals surface area contributed by atoms with E-state index in [9.17, 15) is 64.9 Å². The second-order valence-corrected chi connectivity index (χ2v) is 20.0. The van der Waals surface area contributed by atoms with Gasteiger partial charge in [0.2, 0.25) is 5.69 Å². The van der Waals surface area contributed by atoms with E-state index in [2.05, 4.69) is 10.6 Å². The first-order chi connectivity index (χ1) is 31.1. The number of hydrogen-bond acceptors (Lipinski definition) is 13. The quantitative estimate of drug-likeness (QED) is 0.0380. The van der Waals surface area contributed by atoms with Crippen molar-refractivity contribution in [2.45, 2.75) is 89.1 Å². The number of carboxylic acids is 4. The largest absolute Gasteiger partial charge is 0.748 e. The highest BCUT2D eigenvalue weighted by Crippen LogP contribution is 2.48. The fourth-order valence-corrected chi connectivity index (χ4v) is 9.05. The molecular weight excluding hydrogens is 917 g/mol. The van der Waals surface area contributed by atoms with Crippen molar-refractivity contribution in [3.63, 3.8) is 0 Å². The van der Waals surface area contributed by atoms with E-state index in [0.717, 1.165) is 11.4 Å². The topological polar surface area (TPSA) is 328 Å². The van der Waals surface area contributed by atoms with Gasteiger partial charge >= 0.3 is 23.9 Å². The van der Waals surface area contributed by atoms with E-state index < -0.39 is 103 Å². The van der Waals surface area contributed by atoms with Gasteiger partial charge in [-0.15, -0.1) is 0 Å². The number of carbonyl (C=O) groups excluding carboxylic acids is 2. The molecule has 362 valence electrons. The first kappa shape index (κ1) is 53.1. The van der Waals surface area contributed by atoms with Crippen molar-refractivity contribution in [2.24, 2.45) is 0 Å². The molecule has 0 spiro atoms. The Morgan fingerprint density at radius 1 is 0.672 bits per heavy atom. The van der Waals surface area contributed by atoms with Crippen molar-refractivity contribution < 1.29 is 79.7 Å². The van der Waals surface area contributed by atoms with Gasteiger partial charge in [0.1, 0.15) is 18.6 Å². The highest BCUT2D eigenvalue weighted by atomic mass is 32.2. The maximum Gasteiger partial charge on any atom is 0.326 e. The summed E-state index contributed by atoms with van der Waals surface area (Å²) in [5.74, 6) is -8.55. The molecule has 20 nitrogen and oxygen atoms in total. The number of nitrogens with zero attached hydrogens (tertiary/aromatic N) is 2. The molecule has 2 aliphatic heterocycles. The van der Waals surface area contributed by atoms with Gasteiger partial charge in [-0.25, -0.2) is 26.4 Å². The van der Waals surface area contributed by atoms with Crippen LogP contribution < -0.4 is 15.5 Å². The van der Waals surface area contributed by atoms with Crippen molar-refractivity contribution >= 4 is 73.0 Å². The summed E-state index contributed by atoms with van der Waals surface area (Å²) >= 11 is 0. The van der Waals surface area contributed by atoms with Crippen LogP contribution in [0.5, 0.6) is 0 Å². The number of allylic oxidation sites excluding steroid dienone is 8. The first-order valence-corrected chi connectivity index (χ1v) is 24.1.